The van der Waals surface area contributed by atoms with E-state index in [1.165, 1.54) is 18.5 Å². The van der Waals surface area contributed by atoms with Crippen LogP contribution in [0, 0.1) is 18.6 Å². The van der Waals surface area contributed by atoms with Crippen LogP contribution >= 0.6 is 0 Å². The van der Waals surface area contributed by atoms with E-state index in [0.717, 1.165) is 11.6 Å². The molecule has 0 saturated heterocycles. The highest BCUT2D eigenvalue weighted by atomic mass is 19.1. The smallest absolute Gasteiger partial charge is 0.138 e. The predicted molar refractivity (Wildman–Crippen MR) is 66.0 cm³/mol. The van der Waals surface area contributed by atoms with Crippen molar-refractivity contribution in [1.82, 2.24) is 9.97 Å². The highest BCUT2D eigenvalue weighted by molar-refractivity contribution is 5.64. The lowest BCUT2D eigenvalue weighted by Crippen LogP contribution is -2.02. The largest absolute Gasteiger partial charge is 0.373 e. The molecule has 0 aliphatic heterocycles. The van der Waals surface area contributed by atoms with E-state index in [2.05, 4.69) is 20.6 Å². The first-order chi connectivity index (χ1) is 8.60. The molecule has 0 aliphatic rings. The summed E-state index contributed by atoms with van der Waals surface area (Å²) in [6.07, 6.45) is 1.37. The highest BCUT2D eigenvalue weighted by Gasteiger charge is 2.07. The second kappa shape index (κ2) is 4.95. The van der Waals surface area contributed by atoms with Crippen molar-refractivity contribution in [3.63, 3.8) is 0 Å². The molecule has 1 heterocycles. The van der Waals surface area contributed by atoms with Gasteiger partial charge >= 0.3 is 0 Å². The minimum Gasteiger partial charge on any atom is -0.373 e. The number of hydrogen-bond acceptors (Lipinski definition) is 4. The van der Waals surface area contributed by atoms with Crippen LogP contribution in [0.5, 0.6) is 0 Å². The van der Waals surface area contributed by atoms with Gasteiger partial charge in [-0.05, 0) is 19.1 Å². The molecule has 2 N–H and O–H groups in total. The standard InChI is InChI=1S/C12H12F2N4/c1-7-11(15-2)16-6-17-12(7)18-10-4-8(13)3-9(14)5-10/h3-6H,1-2H3,(H2,15,16,17,18). The quantitative estimate of drug-likeness (QED) is 0.879. The molecule has 0 saturated carbocycles. The zero-order valence-corrected chi connectivity index (χ0v) is 9.96. The summed E-state index contributed by atoms with van der Waals surface area (Å²) in [5.41, 5.74) is 1.07. The molecule has 0 aliphatic carbocycles. The Kier molecular flexibility index (Phi) is 3.36. The fourth-order valence-corrected chi connectivity index (χ4v) is 1.59. The monoisotopic (exact) mass is 250 g/mol. The molecule has 0 radical (unpaired) electrons. The number of aromatic nitrogens is 2. The van der Waals surface area contributed by atoms with Crippen LogP contribution in [0.3, 0.4) is 0 Å². The lowest BCUT2D eigenvalue weighted by atomic mass is 10.2. The summed E-state index contributed by atoms with van der Waals surface area (Å²) in [5.74, 6) is -0.125. The first-order valence-electron chi connectivity index (χ1n) is 5.32. The molecule has 2 aromatic rings. The van der Waals surface area contributed by atoms with Gasteiger partial charge in [-0.15, -0.1) is 0 Å². The molecular formula is C12H12F2N4. The Morgan fingerprint density at radius 3 is 2.22 bits per heavy atom. The van der Waals surface area contributed by atoms with Crippen LogP contribution in [0.2, 0.25) is 0 Å². The van der Waals surface area contributed by atoms with Crippen molar-refractivity contribution < 1.29 is 8.78 Å². The van der Waals surface area contributed by atoms with Crippen molar-refractivity contribution >= 4 is 17.3 Å². The van der Waals surface area contributed by atoms with Crippen LogP contribution in [-0.4, -0.2) is 17.0 Å². The molecule has 94 valence electrons. The minimum atomic E-state index is -0.641. The van der Waals surface area contributed by atoms with Crippen molar-refractivity contribution in [1.29, 1.82) is 0 Å². The molecule has 0 atom stereocenters. The van der Waals surface area contributed by atoms with E-state index in [1.807, 2.05) is 6.92 Å². The Morgan fingerprint density at radius 2 is 1.61 bits per heavy atom. The number of nitrogens with zero attached hydrogens (tertiary/aromatic N) is 2. The Labute approximate surface area is 103 Å². The number of anilines is 3. The third kappa shape index (κ3) is 2.53. The van der Waals surface area contributed by atoms with Gasteiger partial charge in [-0.25, -0.2) is 18.7 Å². The van der Waals surface area contributed by atoms with Crippen LogP contribution in [-0.2, 0) is 0 Å². The maximum Gasteiger partial charge on any atom is 0.138 e. The Morgan fingerprint density at radius 1 is 1.00 bits per heavy atom. The third-order valence-electron chi connectivity index (χ3n) is 2.45. The Bertz CT molecular complexity index is 552. The minimum absolute atomic E-state index is 0.302. The second-order valence-corrected chi connectivity index (χ2v) is 3.73. The van der Waals surface area contributed by atoms with Gasteiger partial charge in [-0.1, -0.05) is 0 Å². The lowest BCUT2D eigenvalue weighted by molar-refractivity contribution is 0.584. The van der Waals surface area contributed by atoms with Crippen LogP contribution in [0.15, 0.2) is 24.5 Å². The van der Waals surface area contributed by atoms with E-state index in [0.29, 0.717) is 17.3 Å². The van der Waals surface area contributed by atoms with Crippen molar-refractivity contribution in [2.24, 2.45) is 0 Å². The second-order valence-electron chi connectivity index (χ2n) is 3.73. The van der Waals surface area contributed by atoms with E-state index < -0.39 is 11.6 Å². The van der Waals surface area contributed by atoms with Crippen LogP contribution < -0.4 is 10.6 Å². The number of rotatable bonds is 3. The molecule has 0 spiro atoms. The first-order valence-corrected chi connectivity index (χ1v) is 5.32. The Balaban J connectivity index is 2.34. The van der Waals surface area contributed by atoms with E-state index in [9.17, 15) is 8.78 Å². The van der Waals surface area contributed by atoms with Crippen molar-refractivity contribution in [3.8, 4) is 0 Å². The van der Waals surface area contributed by atoms with Gasteiger partial charge in [0.15, 0.2) is 0 Å². The van der Waals surface area contributed by atoms with E-state index in [-0.39, 0.29) is 0 Å². The number of hydrogen-bond donors (Lipinski definition) is 2. The van der Waals surface area contributed by atoms with E-state index >= 15 is 0 Å². The molecular weight excluding hydrogens is 238 g/mol. The van der Waals surface area contributed by atoms with Gasteiger partial charge in [0, 0.05) is 24.4 Å². The molecule has 1 aromatic carbocycles. The molecule has 0 fully saturated rings. The van der Waals surface area contributed by atoms with Gasteiger partial charge in [0.2, 0.25) is 0 Å². The maximum absolute atomic E-state index is 13.1. The number of halogens is 2. The van der Waals surface area contributed by atoms with E-state index in [4.69, 9.17) is 0 Å². The molecule has 18 heavy (non-hydrogen) atoms. The van der Waals surface area contributed by atoms with Crippen molar-refractivity contribution in [3.05, 3.63) is 41.7 Å². The van der Waals surface area contributed by atoms with Gasteiger partial charge in [0.25, 0.3) is 0 Å². The summed E-state index contributed by atoms with van der Waals surface area (Å²) >= 11 is 0. The normalized spacial score (nSPS) is 10.2. The van der Waals surface area contributed by atoms with Crippen LogP contribution in [0.4, 0.5) is 26.1 Å². The Hall–Kier alpha value is -2.24. The van der Waals surface area contributed by atoms with Crippen LogP contribution in [0.1, 0.15) is 5.56 Å². The number of nitrogens with one attached hydrogen (secondary N) is 2. The highest BCUT2D eigenvalue weighted by Crippen LogP contribution is 2.23. The zero-order valence-electron chi connectivity index (χ0n) is 9.96. The summed E-state index contributed by atoms with van der Waals surface area (Å²) in [7, 11) is 1.74. The van der Waals surface area contributed by atoms with Crippen LogP contribution in [0.25, 0.3) is 0 Å². The van der Waals surface area contributed by atoms with Gasteiger partial charge < -0.3 is 10.6 Å². The lowest BCUT2D eigenvalue weighted by Gasteiger charge is -2.11. The fraction of sp³-hybridized carbons (Fsp3) is 0.167. The summed E-state index contributed by atoms with van der Waals surface area (Å²) < 4.78 is 26.1. The molecule has 4 nitrogen and oxygen atoms in total. The fourth-order valence-electron chi connectivity index (χ4n) is 1.59. The molecule has 1 aromatic heterocycles. The predicted octanol–water partition coefficient (Wildman–Crippen LogP) is 2.85. The summed E-state index contributed by atoms with van der Waals surface area (Å²) in [6, 6.07) is 3.21. The summed E-state index contributed by atoms with van der Waals surface area (Å²) in [6.45, 7) is 1.81. The average Bonchev–Trinajstić information content (AvgIpc) is 2.30. The van der Waals surface area contributed by atoms with Crippen molar-refractivity contribution in [2.45, 2.75) is 6.92 Å². The zero-order chi connectivity index (χ0) is 13.1. The van der Waals surface area contributed by atoms with Gasteiger partial charge in [0.1, 0.15) is 29.6 Å². The first kappa shape index (κ1) is 12.2. The summed E-state index contributed by atoms with van der Waals surface area (Å²) in [4.78, 5) is 8.06. The molecule has 0 unspecified atom stereocenters. The molecule has 0 bridgehead atoms. The maximum atomic E-state index is 13.1. The average molecular weight is 250 g/mol. The van der Waals surface area contributed by atoms with Gasteiger partial charge in [-0.2, -0.15) is 0 Å². The third-order valence-corrected chi connectivity index (χ3v) is 2.45. The van der Waals surface area contributed by atoms with Crippen molar-refractivity contribution in [2.75, 3.05) is 17.7 Å². The molecule has 0 amide bonds. The molecule has 6 heteroatoms. The molecule has 2 rings (SSSR count). The van der Waals surface area contributed by atoms with Gasteiger partial charge in [-0.3, -0.25) is 0 Å². The topological polar surface area (TPSA) is 49.8 Å². The SMILES string of the molecule is CNc1ncnc(Nc2cc(F)cc(F)c2)c1C. The number of benzene rings is 1. The van der Waals surface area contributed by atoms with E-state index in [1.54, 1.807) is 7.05 Å². The summed E-state index contributed by atoms with van der Waals surface area (Å²) in [5, 5.41) is 5.76. The van der Waals surface area contributed by atoms with Gasteiger partial charge in [0.05, 0.1) is 0 Å².